The molecule has 9 heteroatoms. The first-order valence-electron chi connectivity index (χ1n) is 9.63. The van der Waals surface area contributed by atoms with E-state index in [1.807, 2.05) is 6.07 Å². The van der Waals surface area contributed by atoms with Crippen molar-refractivity contribution in [3.05, 3.63) is 65.7 Å². The lowest BCUT2D eigenvalue weighted by Crippen LogP contribution is -2.55. The Morgan fingerprint density at radius 1 is 0.806 bits per heavy atom. The molecule has 5 N–H and O–H groups in total. The minimum atomic E-state index is -1.21. The molecular formula is C22H25N3O6. The zero-order chi connectivity index (χ0) is 22.8. The number of aliphatic carboxylic acids is 1. The van der Waals surface area contributed by atoms with Crippen LogP contribution >= 0.6 is 0 Å². The monoisotopic (exact) mass is 427 g/mol. The largest absolute Gasteiger partial charge is 0.508 e. The van der Waals surface area contributed by atoms with Crippen LogP contribution in [0.5, 0.6) is 5.75 Å². The van der Waals surface area contributed by atoms with E-state index in [9.17, 15) is 24.3 Å². The standard InChI is InChI=1S/C22H25N3O6/c1-14(26)24-19(12-16-7-9-17(27)10-8-16)22(31)25-18(21(30)23-13-20(28)29)11-15-5-3-2-4-6-15/h2-10,18-19,27H,11-13H2,1H3,(H,23,30)(H,24,26)(H,25,31)(H,28,29). The third-order valence-electron chi connectivity index (χ3n) is 4.40. The maximum absolute atomic E-state index is 12.9. The van der Waals surface area contributed by atoms with Crippen molar-refractivity contribution >= 4 is 23.7 Å². The smallest absolute Gasteiger partial charge is 0.322 e. The van der Waals surface area contributed by atoms with Gasteiger partial charge in [-0.25, -0.2) is 0 Å². The van der Waals surface area contributed by atoms with Gasteiger partial charge in [-0.2, -0.15) is 0 Å². The second-order valence-electron chi connectivity index (χ2n) is 6.99. The first-order chi connectivity index (χ1) is 14.7. The van der Waals surface area contributed by atoms with Crippen LogP contribution in [-0.2, 0) is 32.0 Å². The Bertz CT molecular complexity index is 915. The van der Waals surface area contributed by atoms with Gasteiger partial charge in [0.25, 0.3) is 0 Å². The quantitative estimate of drug-likeness (QED) is 0.370. The molecule has 2 aromatic carbocycles. The van der Waals surface area contributed by atoms with Crippen molar-refractivity contribution in [2.45, 2.75) is 31.8 Å². The van der Waals surface area contributed by atoms with Crippen LogP contribution in [0, 0.1) is 0 Å². The average Bonchev–Trinajstić information content (AvgIpc) is 2.73. The van der Waals surface area contributed by atoms with E-state index in [0.717, 1.165) is 5.56 Å². The molecule has 0 aliphatic rings. The molecule has 2 aromatic rings. The Kier molecular flexibility index (Phi) is 8.56. The van der Waals surface area contributed by atoms with Gasteiger partial charge in [0, 0.05) is 19.8 Å². The number of benzene rings is 2. The first kappa shape index (κ1) is 23.4. The van der Waals surface area contributed by atoms with E-state index in [2.05, 4.69) is 16.0 Å². The molecule has 0 bridgehead atoms. The van der Waals surface area contributed by atoms with Gasteiger partial charge in [0.1, 0.15) is 24.4 Å². The summed E-state index contributed by atoms with van der Waals surface area (Å²) < 4.78 is 0. The van der Waals surface area contributed by atoms with Gasteiger partial charge in [-0.05, 0) is 23.3 Å². The van der Waals surface area contributed by atoms with Gasteiger partial charge in [0.05, 0.1) is 0 Å². The van der Waals surface area contributed by atoms with Crippen LogP contribution in [0.4, 0.5) is 0 Å². The first-order valence-corrected chi connectivity index (χ1v) is 9.63. The lowest BCUT2D eigenvalue weighted by molar-refractivity contribution is -0.138. The molecule has 31 heavy (non-hydrogen) atoms. The van der Waals surface area contributed by atoms with Crippen LogP contribution in [0.15, 0.2) is 54.6 Å². The number of amides is 3. The molecule has 0 aliphatic heterocycles. The fourth-order valence-corrected chi connectivity index (χ4v) is 2.94. The molecule has 0 fully saturated rings. The number of rotatable bonds is 10. The van der Waals surface area contributed by atoms with Crippen molar-refractivity contribution in [2.75, 3.05) is 6.54 Å². The highest BCUT2D eigenvalue weighted by atomic mass is 16.4. The maximum atomic E-state index is 12.9. The highest BCUT2D eigenvalue weighted by molar-refractivity contribution is 5.93. The summed E-state index contributed by atoms with van der Waals surface area (Å²) in [4.78, 5) is 47.9. The summed E-state index contributed by atoms with van der Waals surface area (Å²) in [6.07, 6.45) is 0.282. The number of carbonyl (C=O) groups is 4. The van der Waals surface area contributed by atoms with Gasteiger partial charge in [0.15, 0.2) is 0 Å². The lowest BCUT2D eigenvalue weighted by Gasteiger charge is -2.23. The molecule has 164 valence electrons. The van der Waals surface area contributed by atoms with Gasteiger partial charge in [-0.15, -0.1) is 0 Å². The van der Waals surface area contributed by atoms with E-state index in [1.54, 1.807) is 36.4 Å². The zero-order valence-electron chi connectivity index (χ0n) is 17.0. The van der Waals surface area contributed by atoms with Gasteiger partial charge < -0.3 is 26.2 Å². The number of aromatic hydroxyl groups is 1. The maximum Gasteiger partial charge on any atom is 0.322 e. The highest BCUT2D eigenvalue weighted by Crippen LogP contribution is 2.12. The van der Waals surface area contributed by atoms with Crippen molar-refractivity contribution < 1.29 is 29.4 Å². The molecule has 0 heterocycles. The SMILES string of the molecule is CC(=O)NC(Cc1ccc(O)cc1)C(=O)NC(Cc1ccccc1)C(=O)NCC(=O)O. The van der Waals surface area contributed by atoms with Crippen molar-refractivity contribution in [1.29, 1.82) is 0 Å². The Morgan fingerprint density at radius 3 is 1.90 bits per heavy atom. The number of hydrogen-bond donors (Lipinski definition) is 5. The molecule has 0 aliphatic carbocycles. The zero-order valence-corrected chi connectivity index (χ0v) is 17.0. The average molecular weight is 427 g/mol. The molecule has 2 atom stereocenters. The summed E-state index contributed by atoms with van der Waals surface area (Å²) in [5, 5.41) is 25.7. The van der Waals surface area contributed by atoms with Crippen LogP contribution in [0.3, 0.4) is 0 Å². The number of carboxylic acid groups (broad SMARTS) is 1. The summed E-state index contributed by atoms with van der Waals surface area (Å²) in [6, 6.07) is 13.1. The molecule has 0 saturated carbocycles. The van der Waals surface area contributed by atoms with Crippen molar-refractivity contribution in [2.24, 2.45) is 0 Å². The Balaban J connectivity index is 2.17. The molecule has 0 spiro atoms. The number of phenols is 1. The minimum Gasteiger partial charge on any atom is -0.508 e. The Hall–Kier alpha value is -3.88. The van der Waals surface area contributed by atoms with E-state index in [4.69, 9.17) is 5.11 Å². The molecule has 0 radical (unpaired) electrons. The predicted molar refractivity (Wildman–Crippen MR) is 112 cm³/mol. The van der Waals surface area contributed by atoms with Gasteiger partial charge in [-0.1, -0.05) is 42.5 Å². The van der Waals surface area contributed by atoms with E-state index in [1.165, 1.54) is 19.1 Å². The summed E-state index contributed by atoms with van der Waals surface area (Å²) in [5.41, 5.74) is 1.47. The number of carboxylic acids is 1. The number of carbonyl (C=O) groups excluding carboxylic acids is 3. The molecule has 2 unspecified atom stereocenters. The number of phenolic OH excluding ortho intramolecular Hbond substituents is 1. The Morgan fingerprint density at radius 2 is 1.35 bits per heavy atom. The predicted octanol–water partition coefficient (Wildman–Crippen LogP) is 0.368. The van der Waals surface area contributed by atoms with Crippen LogP contribution in [0.25, 0.3) is 0 Å². The Labute approximate surface area is 179 Å². The van der Waals surface area contributed by atoms with E-state index >= 15 is 0 Å². The third kappa shape index (κ3) is 8.17. The summed E-state index contributed by atoms with van der Waals surface area (Å²) >= 11 is 0. The van der Waals surface area contributed by atoms with Gasteiger partial charge in [-0.3, -0.25) is 19.2 Å². The highest BCUT2D eigenvalue weighted by Gasteiger charge is 2.27. The second-order valence-corrected chi connectivity index (χ2v) is 6.99. The van der Waals surface area contributed by atoms with E-state index in [0.29, 0.717) is 5.56 Å². The molecule has 2 rings (SSSR count). The van der Waals surface area contributed by atoms with Crippen molar-refractivity contribution in [3.8, 4) is 5.75 Å². The van der Waals surface area contributed by atoms with E-state index < -0.39 is 42.3 Å². The van der Waals surface area contributed by atoms with Crippen LogP contribution in [0.2, 0.25) is 0 Å². The fourth-order valence-electron chi connectivity index (χ4n) is 2.94. The normalized spacial score (nSPS) is 12.3. The van der Waals surface area contributed by atoms with Crippen molar-refractivity contribution in [1.82, 2.24) is 16.0 Å². The van der Waals surface area contributed by atoms with Gasteiger partial charge in [0.2, 0.25) is 17.7 Å². The molecule has 0 saturated heterocycles. The molecule has 9 nitrogen and oxygen atoms in total. The van der Waals surface area contributed by atoms with Crippen LogP contribution in [0.1, 0.15) is 18.1 Å². The van der Waals surface area contributed by atoms with Crippen LogP contribution < -0.4 is 16.0 Å². The minimum absolute atomic E-state index is 0.0716. The molecule has 0 aromatic heterocycles. The molecule has 3 amide bonds. The lowest BCUT2D eigenvalue weighted by atomic mass is 10.0. The number of hydrogen-bond acceptors (Lipinski definition) is 5. The van der Waals surface area contributed by atoms with Crippen LogP contribution in [-0.4, -0.2) is 52.5 Å². The second kappa shape index (κ2) is 11.3. The van der Waals surface area contributed by atoms with Gasteiger partial charge >= 0.3 is 5.97 Å². The summed E-state index contributed by atoms with van der Waals surface area (Å²) in [6.45, 7) is 0.695. The fraction of sp³-hybridized carbons (Fsp3) is 0.273. The number of nitrogens with one attached hydrogen (secondary N) is 3. The molecular weight excluding hydrogens is 402 g/mol. The topological polar surface area (TPSA) is 145 Å². The van der Waals surface area contributed by atoms with E-state index in [-0.39, 0.29) is 18.6 Å². The summed E-state index contributed by atoms with van der Waals surface area (Å²) in [7, 11) is 0. The summed E-state index contributed by atoms with van der Waals surface area (Å²) in [5.74, 6) is -2.79. The third-order valence-corrected chi connectivity index (χ3v) is 4.40. The van der Waals surface area contributed by atoms with Crippen molar-refractivity contribution in [3.63, 3.8) is 0 Å².